The standard InChI is InChI=1S/C9H16O/c1-9(2,10)8-6-4-3-5-7-8/h6,10H,3-5,7H2,1-2H3. The van der Waals surface area contributed by atoms with Crippen LogP contribution in [-0.2, 0) is 0 Å². The van der Waals surface area contributed by atoms with E-state index in [1.165, 1.54) is 18.4 Å². The smallest absolute Gasteiger partial charge is 0.0800 e. The molecule has 10 heavy (non-hydrogen) atoms. The molecule has 1 heteroatoms. The van der Waals surface area contributed by atoms with Crippen LogP contribution in [0.1, 0.15) is 39.5 Å². The maximum Gasteiger partial charge on any atom is 0.0800 e. The average Bonchev–Trinajstić information content (AvgIpc) is 1.88. The molecule has 1 N–H and O–H groups in total. The first kappa shape index (κ1) is 7.80. The first-order valence-corrected chi connectivity index (χ1v) is 4.02. The number of aliphatic hydroxyl groups is 1. The van der Waals surface area contributed by atoms with E-state index in [-0.39, 0.29) is 0 Å². The summed E-state index contributed by atoms with van der Waals surface area (Å²) >= 11 is 0. The Labute approximate surface area is 62.8 Å². The van der Waals surface area contributed by atoms with E-state index in [4.69, 9.17) is 0 Å². The van der Waals surface area contributed by atoms with Crippen molar-refractivity contribution in [1.29, 1.82) is 0 Å². The van der Waals surface area contributed by atoms with Crippen LogP contribution in [0.2, 0.25) is 0 Å². The predicted molar refractivity (Wildman–Crippen MR) is 42.8 cm³/mol. The van der Waals surface area contributed by atoms with E-state index in [0.29, 0.717) is 0 Å². The normalized spacial score (nSPS) is 20.5. The molecule has 1 aliphatic carbocycles. The Kier molecular flexibility index (Phi) is 2.14. The van der Waals surface area contributed by atoms with Crippen molar-refractivity contribution >= 4 is 0 Å². The zero-order valence-corrected chi connectivity index (χ0v) is 6.85. The average molecular weight is 140 g/mol. The van der Waals surface area contributed by atoms with Gasteiger partial charge in [0.15, 0.2) is 0 Å². The largest absolute Gasteiger partial charge is 0.386 e. The Bertz CT molecular complexity index is 139. The third-order valence-electron chi connectivity index (χ3n) is 2.08. The second-order valence-electron chi connectivity index (χ2n) is 3.53. The van der Waals surface area contributed by atoms with Gasteiger partial charge in [-0.3, -0.25) is 0 Å². The van der Waals surface area contributed by atoms with Crippen LogP contribution in [0.15, 0.2) is 11.6 Å². The Morgan fingerprint density at radius 1 is 1.40 bits per heavy atom. The highest BCUT2D eigenvalue weighted by molar-refractivity contribution is 5.15. The van der Waals surface area contributed by atoms with Crippen LogP contribution in [0.3, 0.4) is 0 Å². The Hall–Kier alpha value is -0.300. The molecule has 1 aliphatic rings. The van der Waals surface area contributed by atoms with E-state index >= 15 is 0 Å². The van der Waals surface area contributed by atoms with Crippen molar-refractivity contribution in [2.45, 2.75) is 45.1 Å². The molecule has 58 valence electrons. The maximum absolute atomic E-state index is 9.57. The third kappa shape index (κ3) is 1.84. The molecule has 0 aromatic carbocycles. The van der Waals surface area contributed by atoms with Crippen LogP contribution in [0.5, 0.6) is 0 Å². The van der Waals surface area contributed by atoms with E-state index in [9.17, 15) is 5.11 Å². The van der Waals surface area contributed by atoms with Crippen LogP contribution in [0, 0.1) is 0 Å². The lowest BCUT2D eigenvalue weighted by atomic mass is 9.88. The SMILES string of the molecule is CC(C)(O)C1=CCCCC1. The van der Waals surface area contributed by atoms with Gasteiger partial charge in [-0.25, -0.2) is 0 Å². The van der Waals surface area contributed by atoms with Gasteiger partial charge < -0.3 is 5.11 Å². The van der Waals surface area contributed by atoms with Gasteiger partial charge in [0.2, 0.25) is 0 Å². The molecular weight excluding hydrogens is 124 g/mol. The van der Waals surface area contributed by atoms with Crippen molar-refractivity contribution in [3.05, 3.63) is 11.6 Å². The summed E-state index contributed by atoms with van der Waals surface area (Å²) in [4.78, 5) is 0. The molecule has 0 spiro atoms. The van der Waals surface area contributed by atoms with Crippen molar-refractivity contribution in [3.63, 3.8) is 0 Å². The third-order valence-corrected chi connectivity index (χ3v) is 2.08. The highest BCUT2D eigenvalue weighted by Crippen LogP contribution is 2.26. The van der Waals surface area contributed by atoms with Crippen LogP contribution >= 0.6 is 0 Å². The van der Waals surface area contributed by atoms with Crippen LogP contribution < -0.4 is 0 Å². The summed E-state index contributed by atoms with van der Waals surface area (Å²) in [6.45, 7) is 3.73. The monoisotopic (exact) mass is 140 g/mol. The summed E-state index contributed by atoms with van der Waals surface area (Å²) in [5.74, 6) is 0. The van der Waals surface area contributed by atoms with E-state index in [1.807, 2.05) is 13.8 Å². The van der Waals surface area contributed by atoms with Crippen molar-refractivity contribution in [2.75, 3.05) is 0 Å². The molecule has 0 heterocycles. The van der Waals surface area contributed by atoms with Gasteiger partial charge in [-0.05, 0) is 45.1 Å². The van der Waals surface area contributed by atoms with Crippen molar-refractivity contribution in [1.82, 2.24) is 0 Å². The molecule has 0 radical (unpaired) electrons. The van der Waals surface area contributed by atoms with Crippen LogP contribution in [0.4, 0.5) is 0 Å². The lowest BCUT2D eigenvalue weighted by molar-refractivity contribution is 0.114. The van der Waals surface area contributed by atoms with Crippen molar-refractivity contribution in [3.8, 4) is 0 Å². The van der Waals surface area contributed by atoms with Gasteiger partial charge in [0, 0.05) is 0 Å². The topological polar surface area (TPSA) is 20.2 Å². The minimum atomic E-state index is -0.569. The lowest BCUT2D eigenvalue weighted by Crippen LogP contribution is -2.23. The van der Waals surface area contributed by atoms with Gasteiger partial charge in [-0.2, -0.15) is 0 Å². The highest BCUT2D eigenvalue weighted by atomic mass is 16.3. The van der Waals surface area contributed by atoms with Crippen LogP contribution in [-0.4, -0.2) is 10.7 Å². The fourth-order valence-corrected chi connectivity index (χ4v) is 1.39. The fraction of sp³-hybridized carbons (Fsp3) is 0.778. The van der Waals surface area contributed by atoms with Crippen LogP contribution in [0.25, 0.3) is 0 Å². The summed E-state index contributed by atoms with van der Waals surface area (Å²) < 4.78 is 0. The molecule has 1 rings (SSSR count). The fourth-order valence-electron chi connectivity index (χ4n) is 1.39. The van der Waals surface area contributed by atoms with E-state index in [2.05, 4.69) is 6.08 Å². The predicted octanol–water partition coefficient (Wildman–Crippen LogP) is 2.26. The van der Waals surface area contributed by atoms with E-state index < -0.39 is 5.60 Å². The first-order chi connectivity index (χ1) is 4.61. The second-order valence-corrected chi connectivity index (χ2v) is 3.53. The molecule has 0 atom stereocenters. The molecule has 0 saturated carbocycles. The zero-order chi connectivity index (χ0) is 7.61. The van der Waals surface area contributed by atoms with Gasteiger partial charge in [-0.1, -0.05) is 6.08 Å². The highest BCUT2D eigenvalue weighted by Gasteiger charge is 2.19. The lowest BCUT2D eigenvalue weighted by Gasteiger charge is -2.24. The Morgan fingerprint density at radius 2 is 2.10 bits per heavy atom. The number of hydrogen-bond donors (Lipinski definition) is 1. The molecule has 0 fully saturated rings. The summed E-state index contributed by atoms with van der Waals surface area (Å²) in [7, 11) is 0. The Balaban J connectivity index is 2.62. The molecule has 0 bridgehead atoms. The summed E-state index contributed by atoms with van der Waals surface area (Å²) in [5.41, 5.74) is 0.652. The molecule has 0 aliphatic heterocycles. The molecule has 0 unspecified atom stereocenters. The quantitative estimate of drug-likeness (QED) is 0.554. The minimum absolute atomic E-state index is 0.569. The Morgan fingerprint density at radius 3 is 2.40 bits per heavy atom. The minimum Gasteiger partial charge on any atom is -0.386 e. The van der Waals surface area contributed by atoms with Gasteiger partial charge in [0.1, 0.15) is 0 Å². The molecule has 0 saturated heterocycles. The second kappa shape index (κ2) is 2.75. The van der Waals surface area contributed by atoms with E-state index in [1.54, 1.807) is 0 Å². The summed E-state index contributed by atoms with van der Waals surface area (Å²) in [6, 6.07) is 0. The number of rotatable bonds is 1. The summed E-state index contributed by atoms with van der Waals surface area (Å²) in [6.07, 6.45) is 6.96. The number of hydrogen-bond acceptors (Lipinski definition) is 1. The van der Waals surface area contributed by atoms with Gasteiger partial charge in [-0.15, -0.1) is 0 Å². The van der Waals surface area contributed by atoms with Gasteiger partial charge >= 0.3 is 0 Å². The molecule has 0 aromatic heterocycles. The maximum atomic E-state index is 9.57. The van der Waals surface area contributed by atoms with Gasteiger partial charge in [0.25, 0.3) is 0 Å². The summed E-state index contributed by atoms with van der Waals surface area (Å²) in [5, 5.41) is 9.57. The molecular formula is C9H16O. The molecule has 0 amide bonds. The zero-order valence-electron chi connectivity index (χ0n) is 6.85. The van der Waals surface area contributed by atoms with E-state index in [0.717, 1.165) is 12.8 Å². The molecule has 1 nitrogen and oxygen atoms in total. The molecule has 0 aromatic rings. The number of allylic oxidation sites excluding steroid dienone is 1. The van der Waals surface area contributed by atoms with Gasteiger partial charge in [0.05, 0.1) is 5.60 Å². The van der Waals surface area contributed by atoms with Crippen molar-refractivity contribution in [2.24, 2.45) is 0 Å². The van der Waals surface area contributed by atoms with Crippen molar-refractivity contribution < 1.29 is 5.11 Å². The first-order valence-electron chi connectivity index (χ1n) is 4.02.